The van der Waals surface area contributed by atoms with Crippen molar-refractivity contribution >= 4 is 82.1 Å². The van der Waals surface area contributed by atoms with Crippen LogP contribution < -0.4 is 0 Å². The topological polar surface area (TPSA) is 231 Å². The second-order valence-corrected chi connectivity index (χ2v) is 18.9. The summed E-state index contributed by atoms with van der Waals surface area (Å²) in [6, 6.07) is 26.4. The minimum absolute atomic E-state index is 0.0177. The number of carboxylic acids is 1. The summed E-state index contributed by atoms with van der Waals surface area (Å²) >= 11 is 18.2. The number of alkyl halides is 1. The monoisotopic (exact) mass is 1070 g/mol. The number of phenols is 2. The molecular weight excluding hydrogens is 1010 g/mol. The first-order valence-electron chi connectivity index (χ1n) is 23.6. The minimum Gasteiger partial charge on any atom is -0.508 e. The van der Waals surface area contributed by atoms with E-state index in [1.54, 1.807) is 73.8 Å². The zero-order chi connectivity index (χ0) is 53.9. The molecule has 4 aromatic rings. The molecule has 0 saturated heterocycles. The van der Waals surface area contributed by atoms with Crippen molar-refractivity contribution in [3.8, 4) is 11.5 Å². The van der Waals surface area contributed by atoms with Gasteiger partial charge in [0, 0.05) is 61.0 Å². The molecule has 0 bridgehead atoms. The second kappa shape index (κ2) is 28.1. The molecule has 2 fully saturated rings. The van der Waals surface area contributed by atoms with Gasteiger partial charge in [-0.05, 0) is 113 Å². The molecule has 4 atom stereocenters. The van der Waals surface area contributed by atoms with E-state index in [2.05, 4.69) is 0 Å². The quantitative estimate of drug-likeness (QED) is 0.0507. The molecule has 0 spiro atoms. The summed E-state index contributed by atoms with van der Waals surface area (Å²) in [4.78, 5) is 99.6. The molecule has 2 saturated carbocycles. The second-order valence-electron chi connectivity index (χ2n) is 17.9. The number of carbonyl (C=O) groups is 8. The molecule has 0 unspecified atom stereocenters. The molecule has 0 aliphatic heterocycles. The predicted octanol–water partition coefficient (Wildman–Crippen LogP) is 10.3. The van der Waals surface area contributed by atoms with Gasteiger partial charge in [-0.15, -0.1) is 0 Å². The van der Waals surface area contributed by atoms with Gasteiger partial charge in [0.15, 0.2) is 17.6 Å². The van der Waals surface area contributed by atoms with Crippen LogP contribution in [0.25, 0.3) is 0 Å². The van der Waals surface area contributed by atoms with Gasteiger partial charge in [-0.3, -0.25) is 29.0 Å². The van der Waals surface area contributed by atoms with E-state index in [0.717, 1.165) is 36.8 Å². The summed E-state index contributed by atoms with van der Waals surface area (Å²) < 4.78 is 15.2. The zero-order valence-electron chi connectivity index (χ0n) is 41.2. The molecule has 73 heavy (non-hydrogen) atoms. The van der Waals surface area contributed by atoms with Gasteiger partial charge in [-0.25, -0.2) is 9.59 Å². The molecule has 2 amide bonds. The Hall–Kier alpha value is -6.49. The van der Waals surface area contributed by atoms with Crippen molar-refractivity contribution < 1.29 is 67.9 Å². The fourth-order valence-electron chi connectivity index (χ4n) is 9.08. The maximum Gasteiger partial charge on any atom is 0.413 e. The predicted molar refractivity (Wildman–Crippen MR) is 272 cm³/mol. The molecule has 392 valence electrons. The molecule has 0 heterocycles. The van der Waals surface area contributed by atoms with Gasteiger partial charge in [0.2, 0.25) is 6.79 Å². The van der Waals surface area contributed by atoms with Crippen LogP contribution in [0.1, 0.15) is 100 Å². The van der Waals surface area contributed by atoms with Crippen LogP contribution >= 0.6 is 34.8 Å². The molecular formula is C54H61Cl3N2O14. The number of halogens is 3. The summed E-state index contributed by atoms with van der Waals surface area (Å²) in [5.41, 5.74) is 0.373. The smallest absolute Gasteiger partial charge is 0.413 e. The number of aliphatic carboxylic acids is 1. The lowest BCUT2D eigenvalue weighted by molar-refractivity contribution is -0.159. The molecule has 0 radical (unpaired) electrons. The Balaban J connectivity index is 0.000000263. The number of likely N-dealkylation sites (N-methyl/N-ethyl adjacent to an activating group) is 2. The van der Waals surface area contributed by atoms with Gasteiger partial charge in [-0.2, -0.15) is 0 Å². The van der Waals surface area contributed by atoms with E-state index in [0.29, 0.717) is 53.3 Å². The van der Waals surface area contributed by atoms with Crippen molar-refractivity contribution in [3.63, 3.8) is 0 Å². The van der Waals surface area contributed by atoms with Gasteiger partial charge >= 0.3 is 24.1 Å². The van der Waals surface area contributed by atoms with Crippen LogP contribution in [0, 0.1) is 11.8 Å². The molecule has 6 rings (SSSR count). The minimum atomic E-state index is -1.27. The number of hydrogen-bond acceptors (Lipinski definition) is 13. The number of carbonyl (C=O) groups excluding carboxylic acids is 7. The maximum absolute atomic E-state index is 13.1. The van der Waals surface area contributed by atoms with Gasteiger partial charge in [0.05, 0.1) is 11.8 Å². The van der Waals surface area contributed by atoms with Crippen LogP contribution in [0.15, 0.2) is 97.1 Å². The first-order valence-corrected chi connectivity index (χ1v) is 24.8. The Bertz CT molecular complexity index is 2580. The third-order valence-electron chi connectivity index (χ3n) is 12.8. The lowest BCUT2D eigenvalue weighted by Crippen LogP contribution is -2.54. The first kappa shape index (κ1) is 59.1. The van der Waals surface area contributed by atoms with E-state index in [1.807, 2.05) is 6.07 Å². The Morgan fingerprint density at radius 3 is 1.37 bits per heavy atom. The van der Waals surface area contributed by atoms with E-state index in [-0.39, 0.29) is 60.0 Å². The van der Waals surface area contributed by atoms with Crippen molar-refractivity contribution in [3.05, 3.63) is 129 Å². The summed E-state index contributed by atoms with van der Waals surface area (Å²) in [7, 11) is 3.03. The zero-order valence-corrected chi connectivity index (χ0v) is 43.4. The first-order chi connectivity index (χ1) is 34.7. The number of ether oxygens (including phenoxy) is 3. The number of benzene rings is 4. The highest BCUT2D eigenvalue weighted by Crippen LogP contribution is 2.44. The van der Waals surface area contributed by atoms with E-state index >= 15 is 0 Å². The number of Topliss-reactive ketones (excluding diaryl/α,β-unsaturated/α-hetero) is 4. The lowest BCUT2D eigenvalue weighted by Gasteiger charge is -2.43. The number of rotatable bonds is 17. The number of aromatic hydroxyl groups is 2. The molecule has 19 heteroatoms. The van der Waals surface area contributed by atoms with Crippen molar-refractivity contribution in [1.82, 2.24) is 9.80 Å². The average molecular weight is 1070 g/mol. The van der Waals surface area contributed by atoms with Crippen molar-refractivity contribution in [2.75, 3.05) is 27.0 Å². The number of esters is 1. The van der Waals surface area contributed by atoms with Crippen LogP contribution in [0.4, 0.5) is 9.59 Å². The highest BCUT2D eigenvalue weighted by atomic mass is 35.5. The summed E-state index contributed by atoms with van der Waals surface area (Å²) in [6.07, 6.45) is 3.83. The number of carboxylic acid groups (broad SMARTS) is 1. The largest absolute Gasteiger partial charge is 0.508 e. The highest BCUT2D eigenvalue weighted by Gasteiger charge is 2.50. The molecule has 0 aromatic heterocycles. The van der Waals surface area contributed by atoms with Crippen LogP contribution in [-0.4, -0.2) is 99.3 Å². The maximum atomic E-state index is 13.1. The van der Waals surface area contributed by atoms with Gasteiger partial charge in [0.25, 0.3) is 0 Å². The third-order valence-corrected chi connectivity index (χ3v) is 13.6. The van der Waals surface area contributed by atoms with E-state index in [9.17, 15) is 43.5 Å². The fourth-order valence-corrected chi connectivity index (χ4v) is 9.76. The number of hydrogen-bond donors (Lipinski definition) is 3. The van der Waals surface area contributed by atoms with Gasteiger partial charge in [0.1, 0.15) is 34.1 Å². The Morgan fingerprint density at radius 2 is 0.986 bits per heavy atom. The normalized spacial score (nSPS) is 18.0. The van der Waals surface area contributed by atoms with E-state index in [4.69, 9.17) is 59.2 Å². The van der Waals surface area contributed by atoms with E-state index in [1.165, 1.54) is 55.0 Å². The molecule has 16 nitrogen and oxygen atoms in total. The SMILES string of the molecule is CC(=O)C[C@@H](Cc1ccc(O)cc1)C(=O)O.CC(=O)C[C@@H](Cc1ccc(O)cc1)C(=O)OCOC(=O)N(C)[C@]1(c2ccccc2Cl)CCCCC1=O.CN(C(=O)OCCl)[C@]1(c2ccccc2Cl)CCCCC1=O. The summed E-state index contributed by atoms with van der Waals surface area (Å²) in [5.74, 6) is -3.37. The Kier molecular flexibility index (Phi) is 22.7. The number of phenolic OH excluding ortho intramolecular Hbond substituents is 2. The van der Waals surface area contributed by atoms with Gasteiger partial charge < -0.3 is 39.1 Å². The molecule has 3 N–H and O–H groups in total. The van der Waals surface area contributed by atoms with Gasteiger partial charge in [-0.1, -0.05) is 95.5 Å². The molecule has 4 aromatic carbocycles. The third kappa shape index (κ3) is 16.0. The molecule has 2 aliphatic rings. The van der Waals surface area contributed by atoms with Crippen LogP contribution in [-0.2, 0) is 66.9 Å². The highest BCUT2D eigenvalue weighted by molar-refractivity contribution is 6.32. The van der Waals surface area contributed by atoms with Crippen LogP contribution in [0.5, 0.6) is 11.5 Å². The Morgan fingerprint density at radius 1 is 0.589 bits per heavy atom. The Labute approximate surface area is 439 Å². The number of ketones is 4. The standard InChI is InChI=1S/C27H30ClNO7.C15H17Cl2NO3.C12H14O4/c1-18(30)15-20(16-19-10-12-21(31)13-11-19)25(33)35-17-36-26(34)29(2)27(14-6-5-9-24(27)32)22-7-3-4-8-23(22)28;1-18(14(20)21-10-16)15(9-5-4-8-13(15)19)11-6-2-3-7-12(11)17;1-8(13)6-10(12(15)16)7-9-2-4-11(14)5-3-9/h3-4,7-8,10-13,20,31H,5-6,9,14-17H2,1-2H3;2-3,6-7H,4-5,8-10H2,1H3;2-5,10,14H,6-7H2,1H3,(H,15,16)/t20-,27-;15-;10-/m000/s1. The van der Waals surface area contributed by atoms with Crippen molar-refractivity contribution in [2.24, 2.45) is 11.8 Å². The fraction of sp³-hybridized carbons (Fsp3) is 0.407. The van der Waals surface area contributed by atoms with E-state index < -0.39 is 53.8 Å². The molecule has 2 aliphatic carbocycles. The van der Waals surface area contributed by atoms with Crippen molar-refractivity contribution in [2.45, 2.75) is 102 Å². The average Bonchev–Trinajstić information content (AvgIpc) is 3.35. The lowest BCUT2D eigenvalue weighted by atomic mass is 9.74. The van der Waals surface area contributed by atoms with Crippen LogP contribution in [0.3, 0.4) is 0 Å². The van der Waals surface area contributed by atoms with Crippen molar-refractivity contribution in [1.29, 1.82) is 0 Å². The number of amides is 2. The summed E-state index contributed by atoms with van der Waals surface area (Å²) in [5, 5.41) is 28.3. The summed E-state index contributed by atoms with van der Waals surface area (Å²) in [6.45, 7) is 2.09. The number of nitrogens with zero attached hydrogens (tertiary/aromatic N) is 2. The van der Waals surface area contributed by atoms with Crippen LogP contribution in [0.2, 0.25) is 10.0 Å².